The van der Waals surface area contributed by atoms with Crippen LogP contribution in [0.2, 0.25) is 0 Å². The fraction of sp³-hybridized carbons (Fsp3) is 0.533. The Morgan fingerprint density at radius 1 is 1.55 bits per heavy atom. The zero-order valence-electron chi connectivity index (χ0n) is 11.8. The summed E-state index contributed by atoms with van der Waals surface area (Å²) < 4.78 is 0.963. The summed E-state index contributed by atoms with van der Waals surface area (Å²) >= 11 is 3.40. The van der Waals surface area contributed by atoms with Crippen LogP contribution in [-0.2, 0) is 4.79 Å². The van der Waals surface area contributed by atoms with Crippen LogP contribution in [0.4, 0.5) is 5.69 Å². The average Bonchev–Trinajstić information content (AvgIpc) is 2.41. The summed E-state index contributed by atoms with van der Waals surface area (Å²) in [5.41, 5.74) is 6.62. The lowest BCUT2D eigenvalue weighted by atomic mass is 9.87. The van der Waals surface area contributed by atoms with Crippen LogP contribution in [-0.4, -0.2) is 37.0 Å². The minimum atomic E-state index is 0.0356. The smallest absolute Gasteiger partial charge is 0.238 e. The second-order valence-electron chi connectivity index (χ2n) is 5.56. The van der Waals surface area contributed by atoms with E-state index in [0.29, 0.717) is 24.9 Å². The Hall–Kier alpha value is -0.910. The number of piperidine rings is 1. The van der Waals surface area contributed by atoms with E-state index < -0.39 is 0 Å². The van der Waals surface area contributed by atoms with Gasteiger partial charge in [0.15, 0.2) is 0 Å². The lowest BCUT2D eigenvalue weighted by molar-refractivity contribution is -0.117. The van der Waals surface area contributed by atoms with E-state index in [9.17, 15) is 4.79 Å². The van der Waals surface area contributed by atoms with Gasteiger partial charge in [0, 0.05) is 16.7 Å². The van der Waals surface area contributed by atoms with Crippen molar-refractivity contribution < 1.29 is 4.79 Å². The second-order valence-corrected chi connectivity index (χ2v) is 6.47. The molecule has 1 heterocycles. The number of halogens is 1. The van der Waals surface area contributed by atoms with Gasteiger partial charge >= 0.3 is 0 Å². The molecule has 1 saturated heterocycles. The highest BCUT2D eigenvalue weighted by Gasteiger charge is 2.26. The van der Waals surface area contributed by atoms with Crippen molar-refractivity contribution in [3.63, 3.8) is 0 Å². The van der Waals surface area contributed by atoms with Crippen LogP contribution in [0.3, 0.4) is 0 Å². The first-order valence-electron chi connectivity index (χ1n) is 7.06. The van der Waals surface area contributed by atoms with E-state index in [1.807, 2.05) is 24.3 Å². The Balaban J connectivity index is 1.85. The van der Waals surface area contributed by atoms with Crippen LogP contribution in [0.5, 0.6) is 0 Å². The maximum Gasteiger partial charge on any atom is 0.238 e. The number of hydrogen-bond donors (Lipinski definition) is 2. The number of carbonyl (C=O) groups is 1. The minimum absolute atomic E-state index is 0.0356. The Labute approximate surface area is 128 Å². The number of hydrogen-bond acceptors (Lipinski definition) is 3. The molecule has 0 bridgehead atoms. The topological polar surface area (TPSA) is 58.4 Å². The fourth-order valence-corrected chi connectivity index (χ4v) is 3.04. The van der Waals surface area contributed by atoms with Crippen LogP contribution < -0.4 is 11.1 Å². The molecule has 1 fully saturated rings. The molecular weight excluding hydrogens is 318 g/mol. The first kappa shape index (κ1) is 15.5. The molecule has 0 radical (unpaired) electrons. The van der Waals surface area contributed by atoms with Crippen molar-refractivity contribution in [2.24, 2.45) is 17.6 Å². The van der Waals surface area contributed by atoms with Crippen molar-refractivity contribution in [3.05, 3.63) is 28.7 Å². The van der Waals surface area contributed by atoms with E-state index in [-0.39, 0.29) is 5.91 Å². The SMILES string of the molecule is CC1CCN(CC(=O)Nc2cccc(Br)c2)CC1CN. The summed E-state index contributed by atoms with van der Waals surface area (Å²) in [7, 11) is 0. The molecule has 1 aromatic rings. The maximum absolute atomic E-state index is 12.1. The first-order valence-corrected chi connectivity index (χ1v) is 7.85. The number of nitrogens with one attached hydrogen (secondary N) is 1. The number of likely N-dealkylation sites (tertiary alicyclic amines) is 1. The number of benzene rings is 1. The number of nitrogens with two attached hydrogens (primary N) is 1. The van der Waals surface area contributed by atoms with Crippen LogP contribution in [0.25, 0.3) is 0 Å². The van der Waals surface area contributed by atoms with E-state index in [1.165, 1.54) is 0 Å². The Morgan fingerprint density at radius 2 is 2.35 bits per heavy atom. The molecule has 1 aliphatic rings. The third-order valence-electron chi connectivity index (χ3n) is 3.98. The highest BCUT2D eigenvalue weighted by Crippen LogP contribution is 2.22. The molecule has 2 atom stereocenters. The quantitative estimate of drug-likeness (QED) is 0.884. The van der Waals surface area contributed by atoms with Crippen molar-refractivity contribution in [2.45, 2.75) is 13.3 Å². The molecule has 4 nitrogen and oxygen atoms in total. The van der Waals surface area contributed by atoms with E-state index >= 15 is 0 Å². The minimum Gasteiger partial charge on any atom is -0.330 e. The normalized spacial score (nSPS) is 23.6. The van der Waals surface area contributed by atoms with Gasteiger partial charge in [0.25, 0.3) is 0 Å². The van der Waals surface area contributed by atoms with Crippen molar-refractivity contribution in [1.29, 1.82) is 0 Å². The molecule has 2 rings (SSSR count). The molecule has 0 spiro atoms. The number of anilines is 1. The molecule has 1 aromatic carbocycles. The van der Waals surface area contributed by atoms with Gasteiger partial charge in [-0.1, -0.05) is 28.9 Å². The van der Waals surface area contributed by atoms with Gasteiger partial charge in [0.1, 0.15) is 0 Å². The number of amides is 1. The fourth-order valence-electron chi connectivity index (χ4n) is 2.65. The highest BCUT2D eigenvalue weighted by molar-refractivity contribution is 9.10. The number of carbonyl (C=O) groups excluding carboxylic acids is 1. The van der Waals surface area contributed by atoms with Crippen molar-refractivity contribution in [1.82, 2.24) is 4.90 Å². The third-order valence-corrected chi connectivity index (χ3v) is 4.47. The molecule has 0 saturated carbocycles. The summed E-state index contributed by atoms with van der Waals surface area (Å²) in [5, 5.41) is 2.93. The molecule has 0 aliphatic carbocycles. The standard InChI is InChI=1S/C15H22BrN3O/c1-11-5-6-19(9-12(11)8-17)10-15(20)18-14-4-2-3-13(16)7-14/h2-4,7,11-12H,5-6,8-10,17H2,1H3,(H,18,20). The van der Waals surface area contributed by atoms with Gasteiger partial charge in [-0.3, -0.25) is 9.69 Å². The summed E-state index contributed by atoms with van der Waals surface area (Å²) in [6, 6.07) is 7.64. The van der Waals surface area contributed by atoms with Gasteiger partial charge in [-0.25, -0.2) is 0 Å². The van der Waals surface area contributed by atoms with Crippen LogP contribution in [0.15, 0.2) is 28.7 Å². The molecule has 110 valence electrons. The Kier molecular flexibility index (Phi) is 5.57. The summed E-state index contributed by atoms with van der Waals surface area (Å²) in [4.78, 5) is 14.3. The summed E-state index contributed by atoms with van der Waals surface area (Å²) in [6.45, 7) is 5.28. The zero-order chi connectivity index (χ0) is 14.5. The molecule has 1 aliphatic heterocycles. The lowest BCUT2D eigenvalue weighted by Crippen LogP contribution is -2.45. The lowest BCUT2D eigenvalue weighted by Gasteiger charge is -2.36. The molecule has 5 heteroatoms. The van der Waals surface area contributed by atoms with Gasteiger partial charge in [-0.15, -0.1) is 0 Å². The highest BCUT2D eigenvalue weighted by atomic mass is 79.9. The summed E-state index contributed by atoms with van der Waals surface area (Å²) in [5.74, 6) is 1.19. The zero-order valence-corrected chi connectivity index (χ0v) is 13.4. The molecule has 20 heavy (non-hydrogen) atoms. The molecule has 0 aromatic heterocycles. The molecule has 2 unspecified atom stereocenters. The maximum atomic E-state index is 12.1. The van der Waals surface area contributed by atoms with Crippen LogP contribution in [0, 0.1) is 11.8 Å². The monoisotopic (exact) mass is 339 g/mol. The Morgan fingerprint density at radius 3 is 3.05 bits per heavy atom. The van der Waals surface area contributed by atoms with Gasteiger partial charge in [0.05, 0.1) is 6.54 Å². The van der Waals surface area contributed by atoms with E-state index in [0.717, 1.165) is 29.7 Å². The van der Waals surface area contributed by atoms with Gasteiger partial charge in [0.2, 0.25) is 5.91 Å². The van der Waals surface area contributed by atoms with Crippen LogP contribution in [0.1, 0.15) is 13.3 Å². The molecule has 1 amide bonds. The predicted octanol–water partition coefficient (Wildman–Crippen LogP) is 2.30. The van der Waals surface area contributed by atoms with Crippen LogP contribution >= 0.6 is 15.9 Å². The van der Waals surface area contributed by atoms with Crippen molar-refractivity contribution in [2.75, 3.05) is 31.5 Å². The first-order chi connectivity index (χ1) is 9.58. The molecular formula is C15H22BrN3O. The largest absolute Gasteiger partial charge is 0.330 e. The van der Waals surface area contributed by atoms with Gasteiger partial charge in [-0.2, -0.15) is 0 Å². The summed E-state index contributed by atoms with van der Waals surface area (Å²) in [6.07, 6.45) is 1.12. The van der Waals surface area contributed by atoms with E-state index in [1.54, 1.807) is 0 Å². The second kappa shape index (κ2) is 7.20. The predicted molar refractivity (Wildman–Crippen MR) is 85.5 cm³/mol. The van der Waals surface area contributed by atoms with Crippen molar-refractivity contribution >= 4 is 27.5 Å². The Bertz CT molecular complexity index is 466. The van der Waals surface area contributed by atoms with E-state index in [2.05, 4.69) is 33.1 Å². The third kappa shape index (κ3) is 4.30. The van der Waals surface area contributed by atoms with Gasteiger partial charge in [-0.05, 0) is 49.5 Å². The number of nitrogens with zero attached hydrogens (tertiary/aromatic N) is 1. The van der Waals surface area contributed by atoms with E-state index in [4.69, 9.17) is 5.73 Å². The number of rotatable bonds is 4. The van der Waals surface area contributed by atoms with Gasteiger partial charge < -0.3 is 11.1 Å². The average molecular weight is 340 g/mol. The molecule has 3 N–H and O–H groups in total. The van der Waals surface area contributed by atoms with Crippen molar-refractivity contribution in [3.8, 4) is 0 Å².